The van der Waals surface area contributed by atoms with Crippen molar-refractivity contribution in [2.24, 2.45) is 0 Å². The SMILES string of the molecule is CCCN(CC(=O)O)Cc1cnn(-c2ccc(Br)cc2)c1. The van der Waals surface area contributed by atoms with Gasteiger partial charge in [0.15, 0.2) is 0 Å². The molecular formula is C15H18BrN3O2. The number of nitrogens with zero attached hydrogens (tertiary/aromatic N) is 3. The van der Waals surface area contributed by atoms with Gasteiger partial charge in [-0.3, -0.25) is 9.69 Å². The van der Waals surface area contributed by atoms with Gasteiger partial charge in [-0.2, -0.15) is 5.10 Å². The van der Waals surface area contributed by atoms with Gasteiger partial charge in [0.1, 0.15) is 0 Å². The summed E-state index contributed by atoms with van der Waals surface area (Å²) in [5.41, 5.74) is 1.98. The molecule has 0 radical (unpaired) electrons. The molecule has 21 heavy (non-hydrogen) atoms. The lowest BCUT2D eigenvalue weighted by Crippen LogP contribution is -2.29. The molecule has 1 N–H and O–H groups in total. The molecular weight excluding hydrogens is 334 g/mol. The zero-order valence-corrected chi connectivity index (χ0v) is 13.5. The van der Waals surface area contributed by atoms with E-state index in [1.54, 1.807) is 10.9 Å². The van der Waals surface area contributed by atoms with Crippen LogP contribution < -0.4 is 0 Å². The number of halogens is 1. The lowest BCUT2D eigenvalue weighted by Gasteiger charge is -2.18. The van der Waals surface area contributed by atoms with Gasteiger partial charge in [-0.05, 0) is 37.2 Å². The summed E-state index contributed by atoms with van der Waals surface area (Å²) in [6.45, 7) is 3.45. The number of aliphatic carboxylic acids is 1. The van der Waals surface area contributed by atoms with Gasteiger partial charge in [-0.1, -0.05) is 22.9 Å². The van der Waals surface area contributed by atoms with E-state index in [1.807, 2.05) is 42.3 Å². The molecule has 0 saturated heterocycles. The van der Waals surface area contributed by atoms with Crippen LogP contribution in [0.4, 0.5) is 0 Å². The van der Waals surface area contributed by atoms with Gasteiger partial charge in [0.05, 0.1) is 18.4 Å². The molecule has 2 rings (SSSR count). The zero-order chi connectivity index (χ0) is 15.2. The molecule has 0 bridgehead atoms. The maximum absolute atomic E-state index is 10.9. The Morgan fingerprint density at radius 2 is 2.10 bits per heavy atom. The predicted molar refractivity (Wildman–Crippen MR) is 84.5 cm³/mol. The van der Waals surface area contributed by atoms with Crippen LogP contribution in [-0.4, -0.2) is 38.8 Å². The van der Waals surface area contributed by atoms with E-state index in [4.69, 9.17) is 5.11 Å². The number of aromatic nitrogens is 2. The molecule has 2 aromatic rings. The predicted octanol–water partition coefficient (Wildman–Crippen LogP) is 2.93. The Bertz CT molecular complexity index is 595. The van der Waals surface area contributed by atoms with Crippen molar-refractivity contribution in [3.8, 4) is 5.69 Å². The zero-order valence-electron chi connectivity index (χ0n) is 11.9. The second kappa shape index (κ2) is 7.38. The van der Waals surface area contributed by atoms with Crippen LogP contribution in [0.3, 0.4) is 0 Å². The van der Waals surface area contributed by atoms with Crippen molar-refractivity contribution in [3.05, 3.63) is 46.7 Å². The van der Waals surface area contributed by atoms with Gasteiger partial charge in [0.2, 0.25) is 0 Å². The summed E-state index contributed by atoms with van der Waals surface area (Å²) >= 11 is 3.40. The average Bonchev–Trinajstić information content (AvgIpc) is 2.87. The lowest BCUT2D eigenvalue weighted by atomic mass is 10.3. The van der Waals surface area contributed by atoms with Crippen molar-refractivity contribution < 1.29 is 9.90 Å². The van der Waals surface area contributed by atoms with Crippen LogP contribution in [-0.2, 0) is 11.3 Å². The summed E-state index contributed by atoms with van der Waals surface area (Å²) < 4.78 is 2.82. The number of hydrogen-bond acceptors (Lipinski definition) is 3. The molecule has 5 nitrogen and oxygen atoms in total. The first-order valence-electron chi connectivity index (χ1n) is 6.82. The van der Waals surface area contributed by atoms with Crippen molar-refractivity contribution >= 4 is 21.9 Å². The van der Waals surface area contributed by atoms with E-state index in [0.29, 0.717) is 6.54 Å². The number of carbonyl (C=O) groups is 1. The lowest BCUT2D eigenvalue weighted by molar-refractivity contribution is -0.138. The fourth-order valence-corrected chi connectivity index (χ4v) is 2.42. The van der Waals surface area contributed by atoms with Crippen molar-refractivity contribution in [3.63, 3.8) is 0 Å². The number of rotatable bonds is 7. The molecule has 1 heterocycles. The van der Waals surface area contributed by atoms with Crippen molar-refractivity contribution in [1.82, 2.24) is 14.7 Å². The Morgan fingerprint density at radius 1 is 1.38 bits per heavy atom. The highest BCUT2D eigenvalue weighted by Crippen LogP contribution is 2.14. The van der Waals surface area contributed by atoms with Crippen molar-refractivity contribution in [2.75, 3.05) is 13.1 Å². The molecule has 0 atom stereocenters. The highest BCUT2D eigenvalue weighted by Gasteiger charge is 2.11. The Morgan fingerprint density at radius 3 is 2.71 bits per heavy atom. The summed E-state index contributed by atoms with van der Waals surface area (Å²) in [4.78, 5) is 12.8. The van der Waals surface area contributed by atoms with Gasteiger partial charge in [-0.25, -0.2) is 4.68 Å². The van der Waals surface area contributed by atoms with Crippen LogP contribution in [0.5, 0.6) is 0 Å². The fraction of sp³-hybridized carbons (Fsp3) is 0.333. The number of carboxylic acids is 1. The Kier molecular flexibility index (Phi) is 5.52. The summed E-state index contributed by atoms with van der Waals surface area (Å²) in [5.74, 6) is -0.802. The van der Waals surface area contributed by atoms with E-state index < -0.39 is 5.97 Å². The summed E-state index contributed by atoms with van der Waals surface area (Å²) in [7, 11) is 0. The minimum Gasteiger partial charge on any atom is -0.480 e. The molecule has 0 saturated carbocycles. The maximum atomic E-state index is 10.9. The Hall–Kier alpha value is -1.66. The van der Waals surface area contributed by atoms with E-state index in [9.17, 15) is 4.79 Å². The second-order valence-corrected chi connectivity index (χ2v) is 5.79. The minimum absolute atomic E-state index is 0.0529. The van der Waals surface area contributed by atoms with Crippen LogP contribution in [0.25, 0.3) is 5.69 Å². The third-order valence-electron chi connectivity index (χ3n) is 3.03. The van der Waals surface area contributed by atoms with Gasteiger partial charge in [-0.15, -0.1) is 0 Å². The third-order valence-corrected chi connectivity index (χ3v) is 3.56. The maximum Gasteiger partial charge on any atom is 0.317 e. The molecule has 0 unspecified atom stereocenters. The molecule has 0 aliphatic rings. The number of carboxylic acid groups (broad SMARTS) is 1. The molecule has 0 spiro atoms. The first kappa shape index (κ1) is 15.7. The van der Waals surface area contributed by atoms with E-state index in [0.717, 1.165) is 28.7 Å². The Balaban J connectivity index is 2.07. The molecule has 0 amide bonds. The minimum atomic E-state index is -0.802. The highest BCUT2D eigenvalue weighted by molar-refractivity contribution is 9.10. The summed E-state index contributed by atoms with van der Waals surface area (Å²) in [6, 6.07) is 7.87. The van der Waals surface area contributed by atoms with E-state index >= 15 is 0 Å². The molecule has 1 aromatic heterocycles. The van der Waals surface area contributed by atoms with Crippen LogP contribution in [0.15, 0.2) is 41.1 Å². The monoisotopic (exact) mass is 351 g/mol. The molecule has 1 aromatic carbocycles. The van der Waals surface area contributed by atoms with E-state index in [1.165, 1.54) is 0 Å². The van der Waals surface area contributed by atoms with Gasteiger partial charge >= 0.3 is 5.97 Å². The average molecular weight is 352 g/mol. The van der Waals surface area contributed by atoms with Crippen molar-refractivity contribution in [2.45, 2.75) is 19.9 Å². The second-order valence-electron chi connectivity index (χ2n) is 4.87. The summed E-state index contributed by atoms with van der Waals surface area (Å²) in [5, 5.41) is 13.3. The van der Waals surface area contributed by atoms with Gasteiger partial charge in [0, 0.05) is 22.8 Å². The van der Waals surface area contributed by atoms with Gasteiger partial charge < -0.3 is 5.11 Å². The fourth-order valence-electron chi connectivity index (χ4n) is 2.16. The number of hydrogen-bond donors (Lipinski definition) is 1. The van der Waals surface area contributed by atoms with Crippen LogP contribution in [0.2, 0.25) is 0 Å². The largest absolute Gasteiger partial charge is 0.480 e. The first-order chi connectivity index (χ1) is 10.1. The third kappa shape index (κ3) is 4.68. The topological polar surface area (TPSA) is 58.4 Å². The smallest absolute Gasteiger partial charge is 0.317 e. The molecule has 0 aliphatic carbocycles. The number of benzene rings is 1. The normalized spacial score (nSPS) is 11.0. The summed E-state index contributed by atoms with van der Waals surface area (Å²) in [6.07, 6.45) is 4.65. The van der Waals surface area contributed by atoms with Crippen molar-refractivity contribution in [1.29, 1.82) is 0 Å². The first-order valence-corrected chi connectivity index (χ1v) is 7.61. The van der Waals surface area contributed by atoms with Crippen LogP contribution in [0.1, 0.15) is 18.9 Å². The van der Waals surface area contributed by atoms with E-state index in [-0.39, 0.29) is 6.54 Å². The standard InChI is InChI=1S/C15H18BrN3O2/c1-2-7-18(11-15(20)21)9-12-8-17-19(10-12)14-5-3-13(16)4-6-14/h3-6,8,10H,2,7,9,11H2,1H3,(H,20,21). The molecule has 112 valence electrons. The molecule has 0 fully saturated rings. The molecule has 0 aliphatic heterocycles. The molecule has 6 heteroatoms. The quantitative estimate of drug-likeness (QED) is 0.833. The van der Waals surface area contributed by atoms with Crippen LogP contribution in [0, 0.1) is 0 Å². The Labute approximate surface area is 132 Å². The van der Waals surface area contributed by atoms with Gasteiger partial charge in [0.25, 0.3) is 0 Å². The van der Waals surface area contributed by atoms with E-state index in [2.05, 4.69) is 21.0 Å². The van der Waals surface area contributed by atoms with Crippen LogP contribution >= 0.6 is 15.9 Å². The highest BCUT2D eigenvalue weighted by atomic mass is 79.9.